The molecule has 2 nitrogen and oxygen atoms in total. The topological polar surface area (TPSA) is 18.5 Å². The lowest BCUT2D eigenvalue weighted by atomic mass is 9.74. The first-order valence-electron chi connectivity index (χ1n) is 12.4. The lowest BCUT2D eigenvalue weighted by molar-refractivity contribution is -0.248. The molecule has 2 unspecified atom stereocenters. The minimum Gasteiger partial charge on any atom is -0.352 e. The maximum absolute atomic E-state index is 15.0. The number of halogens is 4. The summed E-state index contributed by atoms with van der Waals surface area (Å²) in [5, 5.41) is 0. The van der Waals surface area contributed by atoms with Crippen molar-refractivity contribution >= 4 is 0 Å². The zero-order chi connectivity index (χ0) is 22.9. The summed E-state index contributed by atoms with van der Waals surface area (Å²) in [5.41, 5.74) is -0.0959. The number of aryl methyl sites for hydroxylation is 1. The molecule has 3 aliphatic rings. The predicted octanol–water partition coefficient (Wildman–Crippen LogP) is 7.39. The number of hydrogen-bond donors (Lipinski definition) is 0. The Balaban J connectivity index is 1.31. The largest absolute Gasteiger partial charge is 0.352 e. The molecule has 4 rings (SSSR count). The summed E-state index contributed by atoms with van der Waals surface area (Å²) in [7, 11) is 0. The molecule has 1 aromatic rings. The van der Waals surface area contributed by atoms with Crippen molar-refractivity contribution in [2.45, 2.75) is 89.8 Å². The Morgan fingerprint density at radius 1 is 0.875 bits per heavy atom. The average molecular weight is 457 g/mol. The predicted molar refractivity (Wildman–Crippen MR) is 116 cm³/mol. The minimum atomic E-state index is -3.13. The van der Waals surface area contributed by atoms with Crippen molar-refractivity contribution < 1.29 is 27.0 Å². The highest BCUT2D eigenvalue weighted by Crippen LogP contribution is 2.49. The van der Waals surface area contributed by atoms with E-state index in [9.17, 15) is 8.78 Å². The minimum absolute atomic E-state index is 0.0885. The molecule has 2 aliphatic carbocycles. The van der Waals surface area contributed by atoms with Crippen LogP contribution in [0, 0.1) is 42.2 Å². The molecule has 3 fully saturated rings. The van der Waals surface area contributed by atoms with Gasteiger partial charge in [-0.15, -0.1) is 0 Å². The molecule has 1 aliphatic heterocycles. The van der Waals surface area contributed by atoms with E-state index in [1.54, 1.807) is 0 Å². The molecule has 2 saturated carbocycles. The number of hydrogen-bond acceptors (Lipinski definition) is 2. The third kappa shape index (κ3) is 5.01. The fourth-order valence-electron chi connectivity index (χ4n) is 6.17. The molecular weight excluding hydrogens is 420 g/mol. The second-order valence-corrected chi connectivity index (χ2v) is 10.3. The van der Waals surface area contributed by atoms with Crippen LogP contribution in [0.2, 0.25) is 0 Å². The lowest BCUT2D eigenvalue weighted by Crippen LogP contribution is -2.45. The van der Waals surface area contributed by atoms with Gasteiger partial charge in [0.15, 0.2) is 17.9 Å². The number of ether oxygens (including phenoxy) is 2. The Hall–Kier alpha value is -1.14. The molecule has 32 heavy (non-hydrogen) atoms. The standard InChI is InChI=1S/C26H36F4O2/c1-3-4-17-6-8-18(9-7-17)20-14-31-25(32-15-20)19-10-12-22(26(29,30)13-19)21-11-5-16(2)23(27)24(21)28/h5,11,17-20,22,25H,3-4,6-10,12-15H2,1-2H3. The van der Waals surface area contributed by atoms with Crippen molar-refractivity contribution in [2.24, 2.45) is 23.7 Å². The Kier molecular flexibility index (Phi) is 7.50. The van der Waals surface area contributed by atoms with E-state index in [4.69, 9.17) is 9.47 Å². The molecule has 0 amide bonds. The summed E-state index contributed by atoms with van der Waals surface area (Å²) in [6.07, 6.45) is 6.97. The van der Waals surface area contributed by atoms with Crippen molar-refractivity contribution in [1.29, 1.82) is 0 Å². The SMILES string of the molecule is CCCC1CCC(C2COC(C3CCC(c4ccc(C)c(F)c4F)C(F)(F)C3)OC2)CC1. The zero-order valence-corrected chi connectivity index (χ0v) is 19.2. The molecule has 180 valence electrons. The smallest absolute Gasteiger partial charge is 0.255 e. The third-order valence-corrected chi connectivity index (χ3v) is 8.14. The molecule has 0 N–H and O–H groups in total. The maximum Gasteiger partial charge on any atom is 0.255 e. The van der Waals surface area contributed by atoms with Crippen molar-refractivity contribution in [3.05, 3.63) is 34.9 Å². The molecule has 0 spiro atoms. The van der Waals surface area contributed by atoms with Crippen molar-refractivity contribution in [2.75, 3.05) is 13.2 Å². The van der Waals surface area contributed by atoms with Gasteiger partial charge in [-0.05, 0) is 55.6 Å². The normalized spacial score (nSPS) is 35.6. The number of benzene rings is 1. The van der Waals surface area contributed by atoms with Gasteiger partial charge >= 0.3 is 0 Å². The van der Waals surface area contributed by atoms with Gasteiger partial charge in [0.1, 0.15) is 0 Å². The Labute approximate surface area is 189 Å². The van der Waals surface area contributed by atoms with Gasteiger partial charge in [-0.25, -0.2) is 17.6 Å². The van der Waals surface area contributed by atoms with Crippen LogP contribution in [0.4, 0.5) is 17.6 Å². The van der Waals surface area contributed by atoms with Crippen LogP contribution in [0.15, 0.2) is 12.1 Å². The Morgan fingerprint density at radius 2 is 1.53 bits per heavy atom. The lowest BCUT2D eigenvalue weighted by Gasteiger charge is -2.43. The fourth-order valence-corrected chi connectivity index (χ4v) is 6.17. The van der Waals surface area contributed by atoms with Gasteiger partial charge in [-0.2, -0.15) is 0 Å². The first kappa shape index (κ1) is 24.0. The highest BCUT2D eigenvalue weighted by atomic mass is 19.3. The van der Waals surface area contributed by atoms with Gasteiger partial charge in [-0.1, -0.05) is 44.7 Å². The number of rotatable bonds is 5. The summed E-state index contributed by atoms with van der Waals surface area (Å²) in [6.45, 7) is 4.80. The van der Waals surface area contributed by atoms with Crippen LogP contribution < -0.4 is 0 Å². The molecule has 1 saturated heterocycles. The van der Waals surface area contributed by atoms with Gasteiger partial charge < -0.3 is 9.47 Å². The highest BCUT2D eigenvalue weighted by molar-refractivity contribution is 5.30. The van der Waals surface area contributed by atoms with Gasteiger partial charge in [0.25, 0.3) is 5.92 Å². The second-order valence-electron chi connectivity index (χ2n) is 10.3. The van der Waals surface area contributed by atoms with Crippen LogP contribution in [-0.2, 0) is 9.47 Å². The van der Waals surface area contributed by atoms with Crippen LogP contribution in [0.25, 0.3) is 0 Å². The monoisotopic (exact) mass is 456 g/mol. The van der Waals surface area contributed by atoms with Crippen LogP contribution in [0.5, 0.6) is 0 Å². The summed E-state index contributed by atoms with van der Waals surface area (Å²) in [5.74, 6) is -5.27. The Bertz CT molecular complexity index is 767. The molecule has 0 aromatic heterocycles. The van der Waals surface area contributed by atoms with E-state index in [1.807, 2.05) is 0 Å². The molecule has 1 aromatic carbocycles. The van der Waals surface area contributed by atoms with Gasteiger partial charge in [0.05, 0.1) is 19.1 Å². The zero-order valence-electron chi connectivity index (χ0n) is 19.2. The Morgan fingerprint density at radius 3 is 2.16 bits per heavy atom. The first-order valence-corrected chi connectivity index (χ1v) is 12.4. The molecule has 2 atom stereocenters. The molecule has 0 bridgehead atoms. The van der Waals surface area contributed by atoms with Crippen LogP contribution in [0.1, 0.15) is 81.8 Å². The van der Waals surface area contributed by atoms with Crippen molar-refractivity contribution in [3.8, 4) is 0 Å². The van der Waals surface area contributed by atoms with E-state index in [2.05, 4.69) is 6.92 Å². The average Bonchev–Trinajstić information content (AvgIpc) is 2.78. The molecule has 0 radical (unpaired) electrons. The second kappa shape index (κ2) is 10.0. The van der Waals surface area contributed by atoms with Crippen LogP contribution >= 0.6 is 0 Å². The first-order chi connectivity index (χ1) is 15.3. The van der Waals surface area contributed by atoms with Gasteiger partial charge in [0.2, 0.25) is 0 Å². The van der Waals surface area contributed by atoms with Gasteiger partial charge in [-0.3, -0.25) is 0 Å². The van der Waals surface area contributed by atoms with Gasteiger partial charge in [0, 0.05) is 18.3 Å². The number of alkyl halides is 2. The molecule has 6 heteroatoms. The summed E-state index contributed by atoms with van der Waals surface area (Å²) < 4.78 is 70.3. The van der Waals surface area contributed by atoms with E-state index in [-0.39, 0.29) is 17.5 Å². The highest BCUT2D eigenvalue weighted by Gasteiger charge is 2.50. The van der Waals surface area contributed by atoms with E-state index in [0.717, 1.165) is 5.92 Å². The van der Waals surface area contributed by atoms with Crippen LogP contribution in [0.3, 0.4) is 0 Å². The summed E-state index contributed by atoms with van der Waals surface area (Å²) >= 11 is 0. The van der Waals surface area contributed by atoms with Crippen molar-refractivity contribution in [3.63, 3.8) is 0 Å². The molecule has 1 heterocycles. The fraction of sp³-hybridized carbons (Fsp3) is 0.769. The van der Waals surface area contributed by atoms with E-state index in [0.29, 0.717) is 31.5 Å². The third-order valence-electron chi connectivity index (χ3n) is 8.14. The van der Waals surface area contributed by atoms with E-state index >= 15 is 8.78 Å². The van der Waals surface area contributed by atoms with E-state index < -0.39 is 42.1 Å². The van der Waals surface area contributed by atoms with Crippen molar-refractivity contribution in [1.82, 2.24) is 0 Å². The quantitative estimate of drug-likeness (QED) is 0.430. The summed E-state index contributed by atoms with van der Waals surface area (Å²) in [4.78, 5) is 0. The maximum atomic E-state index is 15.0. The van der Waals surface area contributed by atoms with Crippen LogP contribution in [-0.4, -0.2) is 25.4 Å². The summed E-state index contributed by atoms with van der Waals surface area (Å²) in [6, 6.07) is 2.68. The molecular formula is C26H36F4O2. The van der Waals surface area contributed by atoms with E-state index in [1.165, 1.54) is 57.6 Å².